The van der Waals surface area contributed by atoms with Gasteiger partial charge >= 0.3 is 17.9 Å². The van der Waals surface area contributed by atoms with Gasteiger partial charge in [-0.15, -0.1) is 0 Å². The molecule has 5 aliphatic rings. The van der Waals surface area contributed by atoms with Crippen LogP contribution < -0.4 is 54.1 Å². The first-order valence-corrected chi connectivity index (χ1v) is 49.8. The molecule has 0 saturated heterocycles. The maximum Gasteiger partial charge on any atom is 0.330 e. The average Bonchev–Trinajstić information content (AvgIpc) is 1.66. The molecule has 5 heterocycles. The van der Waals surface area contributed by atoms with Crippen molar-refractivity contribution in [3.63, 3.8) is 0 Å². The molecular formula is C122H117BrI2N6O18. The van der Waals surface area contributed by atoms with E-state index in [1.807, 2.05) is 273 Å². The highest BCUT2D eigenvalue weighted by molar-refractivity contribution is 14.1. The van der Waals surface area contributed by atoms with Gasteiger partial charge in [-0.2, -0.15) is 0 Å². The lowest BCUT2D eigenvalue weighted by molar-refractivity contribution is -0.143. The number of nitrogens with zero attached hydrogens (tertiary/aromatic N) is 4. The van der Waals surface area contributed by atoms with E-state index in [0.29, 0.717) is 156 Å². The van der Waals surface area contributed by atoms with Crippen molar-refractivity contribution >= 4 is 149 Å². The Kier molecular flexibility index (Phi) is 44.5. The molecule has 0 aliphatic carbocycles. The minimum atomic E-state index is -0.417. The van der Waals surface area contributed by atoms with Crippen LogP contribution >= 0.6 is 61.1 Å². The Balaban J connectivity index is 0.000000184. The first-order chi connectivity index (χ1) is 70.7. The Morgan fingerprint density at radius 2 is 0.617 bits per heavy atom. The fraction of sp³-hybridized carbons (Fsp3) is 0.156. The highest BCUT2D eigenvalue weighted by Crippen LogP contribution is 2.45. The predicted molar refractivity (Wildman–Crippen MR) is 608 cm³/mol. The summed E-state index contributed by atoms with van der Waals surface area (Å²) in [6.07, 6.45) is 5.98. The van der Waals surface area contributed by atoms with Crippen molar-refractivity contribution in [1.82, 2.24) is 5.48 Å². The molecule has 0 fully saturated rings. The van der Waals surface area contributed by atoms with E-state index in [0.717, 1.165) is 73.1 Å². The van der Waals surface area contributed by atoms with Crippen LogP contribution in [0.2, 0.25) is 0 Å². The van der Waals surface area contributed by atoms with Crippen molar-refractivity contribution < 1.29 is 86.3 Å². The van der Waals surface area contributed by atoms with Gasteiger partial charge in [-0.25, -0.2) is 15.1 Å². The number of carbonyl (C=O) groups excluding carboxylic acids is 9. The van der Waals surface area contributed by atoms with Gasteiger partial charge in [-0.3, -0.25) is 38.8 Å². The SMILES string of the molecule is BrCc1ccc(I)cc1.C.C.C.C.C=CC(=O)OCC.CCOC(=O)/C=C/c1ccc(CN2C(=O)c3ccccc3Oc3ccccc32)cc1.CCOC(=O)CCc1ccc(CN2C(=O)c3ccccc3Oc3ccccc32)cc1.O=C(CCc1ccc(CN2C(=O)c3ccccc3Oc3ccccc32)cc1)NO.O=C1Nc2ccccc2Oc2ccccc21.O=C1c2ccccc2Oc2ccccc2N1Cc1ccc(I)cc1. The molecular weight excluding hydrogens is 2170 g/mol. The molecule has 6 amide bonds. The summed E-state index contributed by atoms with van der Waals surface area (Å²) >= 11 is 7.95. The molecule has 764 valence electrons. The summed E-state index contributed by atoms with van der Waals surface area (Å²) in [4.78, 5) is 116. The second-order valence-corrected chi connectivity index (χ2v) is 35.6. The third kappa shape index (κ3) is 31.5. The summed E-state index contributed by atoms with van der Waals surface area (Å²) in [6, 6.07) is 114. The van der Waals surface area contributed by atoms with Crippen molar-refractivity contribution in [2.45, 2.75) is 108 Å². The van der Waals surface area contributed by atoms with Crippen LogP contribution in [0.25, 0.3) is 6.08 Å². The van der Waals surface area contributed by atoms with Crippen molar-refractivity contribution in [1.29, 1.82) is 0 Å². The minimum absolute atomic E-state index is 0. The molecule has 0 radical (unpaired) electrons. The number of fused-ring (bicyclic) bond motifs is 10. The highest BCUT2D eigenvalue weighted by Gasteiger charge is 2.34. The number of amides is 6. The highest BCUT2D eigenvalue weighted by atomic mass is 127. The summed E-state index contributed by atoms with van der Waals surface area (Å²) in [5.41, 5.74) is 16.3. The third-order valence-corrected chi connectivity index (χ3v) is 24.7. The first kappa shape index (κ1) is 115. The number of para-hydroxylation sites is 15. The molecule has 0 aromatic heterocycles. The van der Waals surface area contributed by atoms with E-state index in [9.17, 15) is 43.2 Å². The van der Waals surface area contributed by atoms with Gasteiger partial charge in [0.1, 0.15) is 28.7 Å². The lowest BCUT2D eigenvalue weighted by Crippen LogP contribution is -2.29. The molecule has 3 N–H and O–H groups in total. The third-order valence-electron chi connectivity index (χ3n) is 22.7. The quantitative estimate of drug-likeness (QED) is 0.0115. The molecule has 0 spiro atoms. The fourth-order valence-corrected chi connectivity index (χ4v) is 16.5. The summed E-state index contributed by atoms with van der Waals surface area (Å²) in [5, 5.41) is 12.4. The Labute approximate surface area is 905 Å². The molecule has 5 aliphatic heterocycles. The van der Waals surface area contributed by atoms with Crippen LogP contribution in [0.5, 0.6) is 57.5 Å². The number of carbonyl (C=O) groups is 9. The van der Waals surface area contributed by atoms with E-state index in [2.05, 4.69) is 126 Å². The van der Waals surface area contributed by atoms with E-state index >= 15 is 0 Å². The summed E-state index contributed by atoms with van der Waals surface area (Å²) in [5.74, 6) is 4.30. The van der Waals surface area contributed by atoms with Crippen molar-refractivity contribution in [3.05, 3.63) is 462 Å². The zero-order chi connectivity index (χ0) is 102. The molecule has 149 heavy (non-hydrogen) atoms. The Morgan fingerprint density at radius 3 is 0.953 bits per heavy atom. The normalized spacial score (nSPS) is 11.9. The number of benzene rings is 15. The largest absolute Gasteiger partial charge is 0.466 e. The van der Waals surface area contributed by atoms with E-state index in [1.165, 1.54) is 18.8 Å². The fourth-order valence-electron chi connectivity index (χ4n) is 15.4. The smallest absolute Gasteiger partial charge is 0.330 e. The zero-order valence-electron chi connectivity index (χ0n) is 79.4. The minimum Gasteiger partial charge on any atom is -0.466 e. The number of alkyl halides is 1. The van der Waals surface area contributed by atoms with Crippen LogP contribution in [0.1, 0.15) is 160 Å². The van der Waals surface area contributed by atoms with E-state index in [4.69, 9.17) is 38.4 Å². The molecule has 15 aromatic rings. The lowest BCUT2D eigenvalue weighted by Gasteiger charge is -2.22. The van der Waals surface area contributed by atoms with Gasteiger partial charge in [0.2, 0.25) is 5.91 Å². The second kappa shape index (κ2) is 57.7. The molecule has 15 aromatic carbocycles. The van der Waals surface area contributed by atoms with E-state index in [-0.39, 0.29) is 83.6 Å². The number of aryl methyl sites for hydroxylation is 2. The van der Waals surface area contributed by atoms with E-state index in [1.54, 1.807) is 94.4 Å². The van der Waals surface area contributed by atoms with Crippen LogP contribution in [-0.2, 0) is 77.7 Å². The zero-order valence-corrected chi connectivity index (χ0v) is 85.3. The van der Waals surface area contributed by atoms with Crippen molar-refractivity contribution in [2.24, 2.45) is 0 Å². The van der Waals surface area contributed by atoms with Crippen LogP contribution in [0.15, 0.2) is 383 Å². The number of esters is 3. The van der Waals surface area contributed by atoms with Crippen LogP contribution in [0.3, 0.4) is 0 Å². The average molecular weight is 2290 g/mol. The topological polar surface area (TPSA) is 285 Å². The van der Waals surface area contributed by atoms with Gasteiger partial charge in [0.15, 0.2) is 28.7 Å². The van der Waals surface area contributed by atoms with Gasteiger partial charge < -0.3 is 62.8 Å². The summed E-state index contributed by atoms with van der Waals surface area (Å²) in [7, 11) is 0. The number of hydrogen-bond acceptors (Lipinski definition) is 18. The van der Waals surface area contributed by atoms with Crippen molar-refractivity contribution in [2.75, 3.05) is 44.7 Å². The van der Waals surface area contributed by atoms with Crippen LogP contribution in [0, 0.1) is 7.14 Å². The molecule has 20 rings (SSSR count). The maximum absolute atomic E-state index is 13.3. The Morgan fingerprint density at radius 1 is 0.342 bits per heavy atom. The van der Waals surface area contributed by atoms with Crippen LogP contribution in [0.4, 0.5) is 28.4 Å². The standard InChI is InChI=1S/C25H23NO4.C25H21NO4.C23H20N2O4.C20H14INO2.C13H9NO2.C7H6BrI.C5H8O2.4CH4/c2*1-2-29-24(27)16-15-18-11-13-19(14-12-18)17-26-21-8-4-6-10-23(21)30-22-9-5-3-7-20(22)25(26)28;26-22(24-28)14-13-16-9-11-17(12-10-16)15-25-19-6-2-4-8-21(19)29-20-7-3-1-5-18(20)23(25)27;21-15-11-9-14(10-12-15)13-22-17-6-2-4-8-19(17)24-18-7-3-1-5-16(18)20(22)23;15-13-9-5-1-3-7-11(9)16-12-8-4-2-6-10(12)14-13;8-5-6-1-3-7(9)4-2-6;1-3-5(6)7-4-2;;;;/h3-14H,2,15-17H2,1H3;3-16H,2,17H2,1H3;1-12,28H,13-15H2,(H,24,26);1-12H,13H2;1-8H,(H,14,15);1-4H,5H2;3H,1,4H2,2H3;4*1H4/b;16-15+;;;;;;;;;. The molecule has 0 saturated carbocycles. The van der Waals surface area contributed by atoms with Crippen molar-refractivity contribution in [3.8, 4) is 57.5 Å². The molecule has 0 atom stereocenters. The molecule has 0 unspecified atom stereocenters. The second-order valence-electron chi connectivity index (χ2n) is 32.5. The molecule has 0 bridgehead atoms. The molecule has 27 heteroatoms. The summed E-state index contributed by atoms with van der Waals surface area (Å²) < 4.78 is 46.5. The number of ether oxygens (including phenoxy) is 8. The van der Waals surface area contributed by atoms with Gasteiger partial charge in [0.05, 0.1) is 102 Å². The number of anilines is 5. The monoisotopic (exact) mass is 2290 g/mol. The molecule has 24 nitrogen and oxygen atoms in total. The number of hydroxylamine groups is 1. The summed E-state index contributed by atoms with van der Waals surface area (Å²) in [6.45, 7) is 11.4. The maximum atomic E-state index is 13.3. The first-order valence-electron chi connectivity index (χ1n) is 46.6. The Bertz CT molecular complexity index is 7130. The van der Waals surface area contributed by atoms with E-state index < -0.39 is 5.91 Å². The number of halogens is 3. The van der Waals surface area contributed by atoms with Gasteiger partial charge in [0, 0.05) is 37.5 Å². The van der Waals surface area contributed by atoms with Gasteiger partial charge in [0.25, 0.3) is 29.5 Å². The number of hydrogen-bond donors (Lipinski definition) is 3. The lowest BCUT2D eigenvalue weighted by atomic mass is 10.1. The number of rotatable bonds is 21. The number of nitrogens with one attached hydrogen (secondary N) is 2. The van der Waals surface area contributed by atoms with Gasteiger partial charge in [-0.05, 0) is 275 Å². The Hall–Kier alpha value is -16.1. The predicted octanol–water partition coefficient (Wildman–Crippen LogP) is 29.2. The van der Waals surface area contributed by atoms with Gasteiger partial charge in [-0.1, -0.05) is 271 Å². The van der Waals surface area contributed by atoms with Crippen LogP contribution in [-0.4, -0.2) is 78.4 Å².